The molecule has 0 saturated heterocycles. The number of nitrogens with one attached hydrogen (secondary N) is 1. The van der Waals surface area contributed by atoms with Crippen molar-refractivity contribution in [2.45, 2.75) is 24.8 Å². The second-order valence-corrected chi connectivity index (χ2v) is 5.37. The van der Waals surface area contributed by atoms with E-state index in [9.17, 15) is 4.39 Å². The van der Waals surface area contributed by atoms with E-state index in [-0.39, 0.29) is 0 Å². The standard InChI is InChI=1S/C15H14ClFN2/c16-12-3-1-10(2-4-12)11-7-14(8-11)19-13-5-6-15(17)18-9-13/h1-6,9,11,14,19H,7-8H2. The van der Waals surface area contributed by atoms with E-state index in [2.05, 4.69) is 22.4 Å². The molecule has 1 fully saturated rings. The topological polar surface area (TPSA) is 24.9 Å². The van der Waals surface area contributed by atoms with Gasteiger partial charge in [-0.25, -0.2) is 4.98 Å². The average Bonchev–Trinajstić information content (AvgIpc) is 2.37. The minimum atomic E-state index is -0.446. The van der Waals surface area contributed by atoms with Crippen molar-refractivity contribution in [2.75, 3.05) is 5.32 Å². The number of pyridine rings is 1. The Hall–Kier alpha value is -1.61. The zero-order chi connectivity index (χ0) is 13.2. The summed E-state index contributed by atoms with van der Waals surface area (Å²) in [5.41, 5.74) is 2.21. The van der Waals surface area contributed by atoms with Crippen LogP contribution in [0.3, 0.4) is 0 Å². The van der Waals surface area contributed by atoms with Crippen molar-refractivity contribution >= 4 is 17.3 Å². The molecule has 0 bridgehead atoms. The molecule has 4 heteroatoms. The summed E-state index contributed by atoms with van der Waals surface area (Å²) >= 11 is 5.88. The molecule has 0 spiro atoms. The van der Waals surface area contributed by atoms with Crippen LogP contribution in [0.15, 0.2) is 42.6 Å². The van der Waals surface area contributed by atoms with Crippen molar-refractivity contribution < 1.29 is 4.39 Å². The van der Waals surface area contributed by atoms with Gasteiger partial charge in [0.15, 0.2) is 0 Å². The van der Waals surface area contributed by atoms with Crippen molar-refractivity contribution in [2.24, 2.45) is 0 Å². The van der Waals surface area contributed by atoms with Gasteiger partial charge in [0, 0.05) is 11.1 Å². The molecule has 1 aromatic heterocycles. The van der Waals surface area contributed by atoms with Gasteiger partial charge in [0.1, 0.15) is 0 Å². The van der Waals surface area contributed by atoms with Gasteiger partial charge >= 0.3 is 0 Å². The zero-order valence-corrected chi connectivity index (χ0v) is 11.1. The first-order chi connectivity index (χ1) is 9.20. The molecule has 1 aliphatic rings. The van der Waals surface area contributed by atoms with E-state index < -0.39 is 5.95 Å². The smallest absolute Gasteiger partial charge is 0.212 e. The SMILES string of the molecule is Fc1ccc(NC2CC(c3ccc(Cl)cc3)C2)cn1. The molecule has 19 heavy (non-hydrogen) atoms. The van der Waals surface area contributed by atoms with Crippen LogP contribution in [0.1, 0.15) is 24.3 Å². The first-order valence-corrected chi connectivity index (χ1v) is 6.72. The number of aromatic nitrogens is 1. The summed E-state index contributed by atoms with van der Waals surface area (Å²) in [4.78, 5) is 3.63. The van der Waals surface area contributed by atoms with E-state index in [1.807, 2.05) is 12.1 Å². The third kappa shape index (κ3) is 2.87. The molecule has 0 radical (unpaired) electrons. The molecule has 0 amide bonds. The number of benzene rings is 1. The van der Waals surface area contributed by atoms with Crippen molar-refractivity contribution in [1.29, 1.82) is 0 Å². The number of halogens is 2. The van der Waals surface area contributed by atoms with Crippen molar-refractivity contribution in [3.05, 3.63) is 59.1 Å². The highest BCUT2D eigenvalue weighted by Crippen LogP contribution is 2.38. The maximum absolute atomic E-state index is 12.7. The molecule has 98 valence electrons. The lowest BCUT2D eigenvalue weighted by Crippen LogP contribution is -2.34. The third-order valence-electron chi connectivity index (χ3n) is 3.58. The van der Waals surface area contributed by atoms with Crippen LogP contribution in [0.2, 0.25) is 5.02 Å². The maximum Gasteiger partial charge on any atom is 0.212 e. The Morgan fingerprint density at radius 2 is 1.84 bits per heavy atom. The minimum absolute atomic E-state index is 0.438. The van der Waals surface area contributed by atoms with E-state index >= 15 is 0 Å². The molecule has 1 aromatic carbocycles. The molecular weight excluding hydrogens is 263 g/mol. The zero-order valence-electron chi connectivity index (χ0n) is 10.3. The second-order valence-electron chi connectivity index (χ2n) is 4.93. The highest BCUT2D eigenvalue weighted by atomic mass is 35.5. The van der Waals surface area contributed by atoms with Gasteiger partial charge in [0.25, 0.3) is 0 Å². The predicted molar refractivity (Wildman–Crippen MR) is 75.0 cm³/mol. The van der Waals surface area contributed by atoms with Crippen LogP contribution in [0.25, 0.3) is 0 Å². The van der Waals surface area contributed by atoms with E-state index in [1.165, 1.54) is 17.8 Å². The van der Waals surface area contributed by atoms with E-state index in [0.717, 1.165) is 23.6 Å². The van der Waals surface area contributed by atoms with E-state index in [4.69, 9.17) is 11.6 Å². The lowest BCUT2D eigenvalue weighted by molar-refractivity contribution is 0.374. The van der Waals surface area contributed by atoms with Crippen LogP contribution in [0, 0.1) is 5.95 Å². The largest absolute Gasteiger partial charge is 0.381 e. The van der Waals surface area contributed by atoms with E-state index in [1.54, 1.807) is 6.07 Å². The first kappa shape index (κ1) is 12.4. The van der Waals surface area contributed by atoms with Gasteiger partial charge in [-0.05, 0) is 48.6 Å². The van der Waals surface area contributed by atoms with Crippen LogP contribution >= 0.6 is 11.6 Å². The molecule has 1 heterocycles. The molecule has 1 saturated carbocycles. The number of rotatable bonds is 3. The normalized spacial score (nSPS) is 21.8. The molecule has 3 rings (SSSR count). The third-order valence-corrected chi connectivity index (χ3v) is 3.83. The van der Waals surface area contributed by atoms with Crippen LogP contribution in [-0.2, 0) is 0 Å². The highest BCUT2D eigenvalue weighted by molar-refractivity contribution is 6.30. The number of nitrogens with zero attached hydrogens (tertiary/aromatic N) is 1. The van der Waals surface area contributed by atoms with Gasteiger partial charge in [-0.2, -0.15) is 4.39 Å². The summed E-state index contributed by atoms with van der Waals surface area (Å²) in [6.45, 7) is 0. The average molecular weight is 277 g/mol. The van der Waals surface area contributed by atoms with Crippen LogP contribution in [0.5, 0.6) is 0 Å². The van der Waals surface area contributed by atoms with Crippen LogP contribution in [-0.4, -0.2) is 11.0 Å². The van der Waals surface area contributed by atoms with Gasteiger partial charge in [0.05, 0.1) is 11.9 Å². The Morgan fingerprint density at radius 1 is 1.11 bits per heavy atom. The molecule has 0 atom stereocenters. The first-order valence-electron chi connectivity index (χ1n) is 6.34. The molecule has 1 aliphatic carbocycles. The van der Waals surface area contributed by atoms with Gasteiger partial charge in [-0.3, -0.25) is 0 Å². The molecule has 0 unspecified atom stereocenters. The van der Waals surface area contributed by atoms with E-state index in [0.29, 0.717) is 12.0 Å². The maximum atomic E-state index is 12.7. The summed E-state index contributed by atoms with van der Waals surface area (Å²) in [5.74, 6) is 0.140. The van der Waals surface area contributed by atoms with Gasteiger partial charge < -0.3 is 5.32 Å². The monoisotopic (exact) mass is 276 g/mol. The van der Waals surface area contributed by atoms with Gasteiger partial charge in [0.2, 0.25) is 5.95 Å². The fourth-order valence-electron chi connectivity index (χ4n) is 2.44. The molecule has 2 aromatic rings. The van der Waals surface area contributed by atoms with Crippen molar-refractivity contribution in [3.8, 4) is 0 Å². The Balaban J connectivity index is 1.55. The molecule has 0 aliphatic heterocycles. The van der Waals surface area contributed by atoms with Gasteiger partial charge in [-0.15, -0.1) is 0 Å². The Labute approximate surface area is 116 Å². The quantitative estimate of drug-likeness (QED) is 0.849. The fraction of sp³-hybridized carbons (Fsp3) is 0.267. The molecule has 2 nitrogen and oxygen atoms in total. The Kier molecular flexibility index (Phi) is 3.38. The summed E-state index contributed by atoms with van der Waals surface area (Å²) in [7, 11) is 0. The Morgan fingerprint density at radius 3 is 2.47 bits per heavy atom. The number of hydrogen-bond acceptors (Lipinski definition) is 2. The van der Waals surface area contributed by atoms with Crippen LogP contribution in [0.4, 0.5) is 10.1 Å². The lowest BCUT2D eigenvalue weighted by Gasteiger charge is -2.36. The summed E-state index contributed by atoms with van der Waals surface area (Å²) in [6.07, 6.45) is 3.70. The minimum Gasteiger partial charge on any atom is -0.381 e. The summed E-state index contributed by atoms with van der Waals surface area (Å²) in [6, 6.07) is 11.6. The number of hydrogen-bond donors (Lipinski definition) is 1. The van der Waals surface area contributed by atoms with Crippen molar-refractivity contribution in [3.63, 3.8) is 0 Å². The highest BCUT2D eigenvalue weighted by Gasteiger charge is 2.30. The number of anilines is 1. The fourth-order valence-corrected chi connectivity index (χ4v) is 2.57. The van der Waals surface area contributed by atoms with Crippen LogP contribution < -0.4 is 5.32 Å². The predicted octanol–water partition coefficient (Wildman–Crippen LogP) is 4.23. The lowest BCUT2D eigenvalue weighted by atomic mass is 9.76. The molecular formula is C15H14ClFN2. The second kappa shape index (κ2) is 5.17. The summed E-state index contributed by atoms with van der Waals surface area (Å²) in [5, 5.41) is 4.13. The molecule has 1 N–H and O–H groups in total. The van der Waals surface area contributed by atoms with Crippen molar-refractivity contribution in [1.82, 2.24) is 4.98 Å². The summed E-state index contributed by atoms with van der Waals surface area (Å²) < 4.78 is 12.7. The van der Waals surface area contributed by atoms with Gasteiger partial charge in [-0.1, -0.05) is 23.7 Å². The Bertz CT molecular complexity index is 547.